The Morgan fingerprint density at radius 2 is 0.515 bits per heavy atom. The van der Waals surface area contributed by atoms with Crippen molar-refractivity contribution in [3.05, 3.63) is 0 Å². The van der Waals surface area contributed by atoms with E-state index >= 15 is 0 Å². The number of hydrogen-bond acceptors (Lipinski definition) is 8. The van der Waals surface area contributed by atoms with Crippen molar-refractivity contribution in [3.63, 3.8) is 0 Å². The van der Waals surface area contributed by atoms with E-state index in [2.05, 4.69) is 50.5 Å². The van der Waals surface area contributed by atoms with Crippen LogP contribution >= 0.6 is 50.5 Å². The van der Waals surface area contributed by atoms with E-state index in [1.54, 1.807) is 0 Å². The molecule has 200 valence electrons. The van der Waals surface area contributed by atoms with Gasteiger partial charge in [-0.15, -0.1) is 0 Å². The summed E-state index contributed by atoms with van der Waals surface area (Å²) in [7, 11) is 0. The van der Waals surface area contributed by atoms with Gasteiger partial charge in [0.15, 0.2) is 0 Å². The fourth-order valence-corrected chi connectivity index (χ4v) is 4.20. The van der Waals surface area contributed by atoms with E-state index in [0.29, 0.717) is 26.4 Å². The fourth-order valence-electron chi connectivity index (χ4n) is 3.31. The second kappa shape index (κ2) is 27.8. The first-order valence-electron chi connectivity index (χ1n) is 13.2. The second-order valence-corrected chi connectivity index (χ2v) is 10.2. The van der Waals surface area contributed by atoms with Gasteiger partial charge in [-0.2, -0.15) is 50.5 Å². The predicted molar refractivity (Wildman–Crippen MR) is 156 cm³/mol. The Balaban J connectivity index is 4.74. The molecule has 0 atom stereocenters. The highest BCUT2D eigenvalue weighted by Crippen LogP contribution is 2.22. The van der Waals surface area contributed by atoms with Gasteiger partial charge in [-0.1, -0.05) is 51.4 Å². The van der Waals surface area contributed by atoms with Crippen molar-refractivity contribution < 1.29 is 18.9 Å². The van der Waals surface area contributed by atoms with Crippen LogP contribution in [0, 0.1) is 0 Å². The summed E-state index contributed by atoms with van der Waals surface area (Å²) in [6.07, 6.45) is 16.2. The molecule has 0 radical (unpaired) electrons. The number of unbranched alkanes of at least 4 members (excludes halogenated alkanes) is 12. The summed E-state index contributed by atoms with van der Waals surface area (Å²) in [5, 5.41) is 0. The van der Waals surface area contributed by atoms with Gasteiger partial charge >= 0.3 is 6.16 Å². The van der Waals surface area contributed by atoms with Gasteiger partial charge in [-0.3, -0.25) is 0 Å². The average molecular weight is 545 g/mol. The lowest BCUT2D eigenvalue weighted by atomic mass is 10.2. The summed E-state index contributed by atoms with van der Waals surface area (Å²) in [4.78, 5) is 0. The summed E-state index contributed by atoms with van der Waals surface area (Å²) in [6.45, 7) is 2.30. The topological polar surface area (TPSA) is 36.9 Å². The zero-order valence-electron chi connectivity index (χ0n) is 20.9. The average Bonchev–Trinajstić information content (AvgIpc) is 2.83. The van der Waals surface area contributed by atoms with E-state index in [9.17, 15) is 0 Å². The molecule has 0 aliphatic carbocycles. The van der Waals surface area contributed by atoms with Crippen molar-refractivity contribution in [1.29, 1.82) is 0 Å². The van der Waals surface area contributed by atoms with Crippen LogP contribution in [0.25, 0.3) is 0 Å². The first-order chi connectivity index (χ1) is 16.2. The third-order valence-corrected chi connectivity index (χ3v) is 6.59. The molecule has 0 N–H and O–H groups in total. The van der Waals surface area contributed by atoms with Crippen molar-refractivity contribution >= 4 is 50.5 Å². The lowest BCUT2D eigenvalue weighted by Gasteiger charge is -2.32. The molecule has 33 heavy (non-hydrogen) atoms. The van der Waals surface area contributed by atoms with Crippen LogP contribution in [-0.2, 0) is 18.9 Å². The summed E-state index contributed by atoms with van der Waals surface area (Å²) >= 11 is 17.2. The molecule has 0 spiro atoms. The Bertz CT molecular complexity index is 309. The minimum Gasteiger partial charge on any atom is -0.303 e. The molecule has 0 rings (SSSR count). The van der Waals surface area contributed by atoms with Gasteiger partial charge in [-0.05, 0) is 74.4 Å². The number of hydrogen-bond donors (Lipinski definition) is 4. The zero-order chi connectivity index (χ0) is 24.3. The van der Waals surface area contributed by atoms with Crippen LogP contribution in [0.5, 0.6) is 0 Å². The molecule has 0 fully saturated rings. The largest absolute Gasteiger partial charge is 0.412 e. The molecule has 8 heteroatoms. The van der Waals surface area contributed by atoms with Crippen LogP contribution in [0.3, 0.4) is 0 Å². The van der Waals surface area contributed by atoms with Gasteiger partial charge in [0.1, 0.15) is 0 Å². The molecule has 0 aromatic carbocycles. The van der Waals surface area contributed by atoms with Crippen LogP contribution in [0.2, 0.25) is 0 Å². The molecule has 0 amide bonds. The normalized spacial score (nSPS) is 12.0. The van der Waals surface area contributed by atoms with Crippen molar-refractivity contribution in [2.75, 3.05) is 49.4 Å². The SMILES string of the molecule is SCCCCCCOC(OCCCCCCS)(OCCCCCCS)OCCCCCCS. The smallest absolute Gasteiger partial charge is 0.303 e. The molecule has 0 saturated carbocycles. The number of rotatable bonds is 28. The molecule has 0 heterocycles. The van der Waals surface area contributed by atoms with E-state index in [-0.39, 0.29) is 0 Å². The van der Waals surface area contributed by atoms with Gasteiger partial charge < -0.3 is 18.9 Å². The highest BCUT2D eigenvalue weighted by molar-refractivity contribution is 7.80. The maximum atomic E-state index is 6.17. The van der Waals surface area contributed by atoms with Crippen LogP contribution < -0.4 is 0 Å². The highest BCUT2D eigenvalue weighted by Gasteiger charge is 2.35. The lowest BCUT2D eigenvalue weighted by Crippen LogP contribution is -2.43. The molecule has 4 nitrogen and oxygen atoms in total. The van der Waals surface area contributed by atoms with Crippen molar-refractivity contribution in [3.8, 4) is 0 Å². The van der Waals surface area contributed by atoms with Crippen LogP contribution in [-0.4, -0.2) is 55.6 Å². The van der Waals surface area contributed by atoms with Crippen molar-refractivity contribution in [2.45, 2.75) is 109 Å². The molecule has 0 unspecified atom stereocenters. The number of ether oxygens (including phenoxy) is 4. The standard InChI is InChI=1S/C25H52O4S4/c30-21-13-5-1-9-17-26-25(27-18-10-2-6-14-22-31,28-19-11-3-7-15-23-32)29-20-12-4-8-16-24-33/h30-33H,1-24H2. The Morgan fingerprint density at radius 1 is 0.303 bits per heavy atom. The van der Waals surface area contributed by atoms with Crippen molar-refractivity contribution in [2.24, 2.45) is 0 Å². The molecular formula is C25H52O4S4. The molecule has 0 bridgehead atoms. The second-order valence-electron chi connectivity index (χ2n) is 8.45. The number of thiol groups is 4. The highest BCUT2D eigenvalue weighted by atomic mass is 32.1. The van der Waals surface area contributed by atoms with E-state index in [0.717, 1.165) is 100 Å². The van der Waals surface area contributed by atoms with Gasteiger partial charge in [0, 0.05) is 0 Å². The zero-order valence-corrected chi connectivity index (χ0v) is 24.5. The summed E-state index contributed by atoms with van der Waals surface area (Å²) in [5.41, 5.74) is 0. The summed E-state index contributed by atoms with van der Waals surface area (Å²) in [5.74, 6) is 3.75. The van der Waals surface area contributed by atoms with Crippen molar-refractivity contribution in [1.82, 2.24) is 0 Å². The van der Waals surface area contributed by atoms with E-state index in [1.165, 1.54) is 25.7 Å². The maximum Gasteiger partial charge on any atom is 0.412 e. The van der Waals surface area contributed by atoms with Gasteiger partial charge in [0.2, 0.25) is 0 Å². The molecule has 0 aliphatic rings. The van der Waals surface area contributed by atoms with E-state index in [1.807, 2.05) is 0 Å². The van der Waals surface area contributed by atoms with Crippen LogP contribution in [0.4, 0.5) is 0 Å². The van der Waals surface area contributed by atoms with Crippen LogP contribution in [0.1, 0.15) is 103 Å². The molecule has 0 aliphatic heterocycles. The monoisotopic (exact) mass is 544 g/mol. The Hall–Kier alpha value is 1.24. The fraction of sp³-hybridized carbons (Fsp3) is 1.00. The lowest BCUT2D eigenvalue weighted by molar-refractivity contribution is -0.499. The summed E-state index contributed by atoms with van der Waals surface area (Å²) < 4.78 is 24.7. The molecule has 0 aromatic heterocycles. The minimum atomic E-state index is -1.37. The van der Waals surface area contributed by atoms with Gasteiger partial charge in [0.05, 0.1) is 26.4 Å². The maximum absolute atomic E-state index is 6.17. The Morgan fingerprint density at radius 3 is 0.727 bits per heavy atom. The first kappa shape index (κ1) is 34.2. The first-order valence-corrected chi connectivity index (χ1v) is 15.8. The van der Waals surface area contributed by atoms with E-state index < -0.39 is 6.16 Å². The molecule has 0 aromatic rings. The van der Waals surface area contributed by atoms with Gasteiger partial charge in [-0.25, -0.2) is 0 Å². The summed E-state index contributed by atoms with van der Waals surface area (Å²) in [6, 6.07) is 0. The van der Waals surface area contributed by atoms with Gasteiger partial charge in [0.25, 0.3) is 0 Å². The third kappa shape index (κ3) is 23.4. The third-order valence-electron chi connectivity index (χ3n) is 5.33. The van der Waals surface area contributed by atoms with Crippen LogP contribution in [0.15, 0.2) is 0 Å². The molecular weight excluding hydrogens is 493 g/mol. The quantitative estimate of drug-likeness (QED) is 0.0464. The Kier molecular flexibility index (Phi) is 28.9. The minimum absolute atomic E-state index is 0.575. The molecule has 0 saturated heterocycles. The predicted octanol–water partition coefficient (Wildman–Crippen LogP) is 7.62. The van der Waals surface area contributed by atoms with E-state index in [4.69, 9.17) is 18.9 Å². The Labute approximate surface area is 227 Å².